The molecule has 25 heavy (non-hydrogen) atoms. The van der Waals surface area contributed by atoms with Gasteiger partial charge in [-0.1, -0.05) is 0 Å². The molecule has 0 bridgehead atoms. The molecule has 0 spiro atoms. The Morgan fingerprint density at radius 2 is 1.88 bits per heavy atom. The smallest absolute Gasteiger partial charge is 0.139 e. The largest absolute Gasteiger partial charge is 0.379 e. The molecular weight excluding hydrogens is 385 g/mol. The van der Waals surface area contributed by atoms with Crippen LogP contribution in [0.15, 0.2) is 22.9 Å². The third-order valence-corrected chi connectivity index (χ3v) is 6.23. The quantitative estimate of drug-likeness (QED) is 0.771. The molecule has 2 heterocycles. The molecule has 1 saturated carbocycles. The summed E-state index contributed by atoms with van der Waals surface area (Å²) in [5.74, 6) is 0.377. The van der Waals surface area contributed by atoms with E-state index >= 15 is 0 Å². The van der Waals surface area contributed by atoms with Crippen molar-refractivity contribution < 1.29 is 9.13 Å². The standard InChI is InChI=1S/C19H23BrFN3O/c20-16-10-15-18(22-12-23-19(15)11-17(16)21)9-13-1-3-14(4-2-13)24-5-7-25-8-6-24/h10-14H,1-9H2. The van der Waals surface area contributed by atoms with Crippen LogP contribution in [0.1, 0.15) is 31.4 Å². The summed E-state index contributed by atoms with van der Waals surface area (Å²) in [5, 5.41) is 0.964. The lowest BCUT2D eigenvalue weighted by molar-refractivity contribution is 0.00494. The highest BCUT2D eigenvalue weighted by atomic mass is 79.9. The van der Waals surface area contributed by atoms with E-state index in [0.717, 1.165) is 43.8 Å². The molecule has 1 aliphatic heterocycles. The van der Waals surface area contributed by atoms with Gasteiger partial charge in [-0.3, -0.25) is 4.90 Å². The van der Waals surface area contributed by atoms with Crippen LogP contribution >= 0.6 is 15.9 Å². The van der Waals surface area contributed by atoms with Crippen molar-refractivity contribution in [3.05, 3.63) is 34.4 Å². The van der Waals surface area contributed by atoms with Crippen molar-refractivity contribution in [2.45, 2.75) is 38.1 Å². The second-order valence-corrected chi connectivity index (χ2v) is 7.99. The third kappa shape index (κ3) is 3.86. The van der Waals surface area contributed by atoms with E-state index in [1.165, 1.54) is 31.7 Å². The second-order valence-electron chi connectivity index (χ2n) is 7.13. The van der Waals surface area contributed by atoms with Crippen LogP contribution in [0, 0.1) is 11.7 Å². The summed E-state index contributed by atoms with van der Waals surface area (Å²) in [7, 11) is 0. The van der Waals surface area contributed by atoms with Gasteiger partial charge in [-0.15, -0.1) is 0 Å². The molecule has 6 heteroatoms. The van der Waals surface area contributed by atoms with Gasteiger partial charge < -0.3 is 4.74 Å². The maximum atomic E-state index is 13.7. The predicted octanol–water partition coefficient (Wildman–Crippen LogP) is 3.96. The number of ether oxygens (including phenoxy) is 1. The Labute approximate surface area is 155 Å². The molecule has 2 aromatic rings. The molecule has 4 rings (SSSR count). The van der Waals surface area contributed by atoms with E-state index in [9.17, 15) is 4.39 Å². The SMILES string of the molecule is Fc1cc2ncnc(CC3CCC(N4CCOCC4)CC3)c2cc1Br. The zero-order valence-corrected chi connectivity index (χ0v) is 15.8. The first-order valence-corrected chi connectivity index (χ1v) is 9.90. The average Bonchev–Trinajstić information content (AvgIpc) is 2.65. The summed E-state index contributed by atoms with van der Waals surface area (Å²) in [6.07, 6.45) is 7.49. The fourth-order valence-electron chi connectivity index (χ4n) is 4.20. The van der Waals surface area contributed by atoms with Gasteiger partial charge in [-0.2, -0.15) is 0 Å². The molecule has 1 aromatic carbocycles. The van der Waals surface area contributed by atoms with E-state index in [4.69, 9.17) is 4.74 Å². The maximum absolute atomic E-state index is 13.7. The van der Waals surface area contributed by atoms with Gasteiger partial charge in [0.2, 0.25) is 0 Å². The van der Waals surface area contributed by atoms with E-state index in [1.807, 2.05) is 6.07 Å². The number of nitrogens with zero attached hydrogens (tertiary/aromatic N) is 3. The Morgan fingerprint density at radius 1 is 1.12 bits per heavy atom. The molecule has 4 nitrogen and oxygen atoms in total. The van der Waals surface area contributed by atoms with Crippen molar-refractivity contribution in [2.24, 2.45) is 5.92 Å². The van der Waals surface area contributed by atoms with Crippen LogP contribution in [0.5, 0.6) is 0 Å². The molecular formula is C19H23BrFN3O. The number of halogens is 2. The Morgan fingerprint density at radius 3 is 2.64 bits per heavy atom. The van der Waals surface area contributed by atoms with Crippen LogP contribution in [0.3, 0.4) is 0 Å². The molecule has 1 saturated heterocycles. The first kappa shape index (κ1) is 17.3. The lowest BCUT2D eigenvalue weighted by Gasteiger charge is -2.38. The normalized spacial score (nSPS) is 25.4. The van der Waals surface area contributed by atoms with Crippen molar-refractivity contribution in [3.8, 4) is 0 Å². The molecule has 0 N–H and O–H groups in total. The highest BCUT2D eigenvalue weighted by Gasteiger charge is 2.27. The Kier molecular flexibility index (Phi) is 5.29. The molecule has 134 valence electrons. The van der Waals surface area contributed by atoms with Gasteiger partial charge in [0.15, 0.2) is 0 Å². The topological polar surface area (TPSA) is 38.2 Å². The number of benzene rings is 1. The van der Waals surface area contributed by atoms with Crippen molar-refractivity contribution in [3.63, 3.8) is 0 Å². The van der Waals surface area contributed by atoms with Crippen LogP contribution in [0.4, 0.5) is 4.39 Å². The molecule has 0 radical (unpaired) electrons. The highest BCUT2D eigenvalue weighted by molar-refractivity contribution is 9.10. The minimum atomic E-state index is -0.275. The number of fused-ring (bicyclic) bond motifs is 1. The Hall–Kier alpha value is -1.11. The fraction of sp³-hybridized carbons (Fsp3) is 0.579. The Balaban J connectivity index is 1.43. The minimum Gasteiger partial charge on any atom is -0.379 e. The number of hydrogen-bond donors (Lipinski definition) is 0. The summed E-state index contributed by atoms with van der Waals surface area (Å²) in [4.78, 5) is 11.3. The summed E-state index contributed by atoms with van der Waals surface area (Å²) >= 11 is 3.28. The third-order valence-electron chi connectivity index (χ3n) is 5.62. The van der Waals surface area contributed by atoms with E-state index < -0.39 is 0 Å². The molecule has 0 atom stereocenters. The minimum absolute atomic E-state index is 0.275. The van der Waals surface area contributed by atoms with Crippen molar-refractivity contribution in [1.29, 1.82) is 0 Å². The average molecular weight is 408 g/mol. The van der Waals surface area contributed by atoms with Crippen molar-refractivity contribution >= 4 is 26.8 Å². The predicted molar refractivity (Wildman–Crippen MR) is 99.0 cm³/mol. The zero-order chi connectivity index (χ0) is 17.2. The summed E-state index contributed by atoms with van der Waals surface area (Å²) in [5.41, 5.74) is 1.73. The van der Waals surface area contributed by atoms with E-state index in [-0.39, 0.29) is 5.82 Å². The lowest BCUT2D eigenvalue weighted by atomic mass is 9.82. The lowest BCUT2D eigenvalue weighted by Crippen LogP contribution is -2.45. The molecule has 1 aromatic heterocycles. The number of morpholine rings is 1. The first-order chi connectivity index (χ1) is 12.2. The van der Waals surface area contributed by atoms with Gasteiger partial charge in [-0.05, 0) is 60.0 Å². The molecule has 2 fully saturated rings. The van der Waals surface area contributed by atoms with Gasteiger partial charge in [0.05, 0.1) is 28.9 Å². The summed E-state index contributed by atoms with van der Waals surface area (Å²) in [6.45, 7) is 3.90. The summed E-state index contributed by atoms with van der Waals surface area (Å²) in [6, 6.07) is 4.02. The van der Waals surface area contributed by atoms with Crippen LogP contribution in [-0.2, 0) is 11.2 Å². The molecule has 0 amide bonds. The van der Waals surface area contributed by atoms with Crippen molar-refractivity contribution in [2.75, 3.05) is 26.3 Å². The summed E-state index contributed by atoms with van der Waals surface area (Å²) < 4.78 is 19.7. The van der Waals surface area contributed by atoms with E-state index in [0.29, 0.717) is 21.9 Å². The first-order valence-electron chi connectivity index (χ1n) is 9.11. The fourth-order valence-corrected chi connectivity index (χ4v) is 4.54. The van der Waals surface area contributed by atoms with Crippen LogP contribution in [-0.4, -0.2) is 47.2 Å². The molecule has 1 aliphatic carbocycles. The van der Waals surface area contributed by atoms with Gasteiger partial charge in [-0.25, -0.2) is 14.4 Å². The second kappa shape index (κ2) is 7.64. The maximum Gasteiger partial charge on any atom is 0.139 e. The highest BCUT2D eigenvalue weighted by Crippen LogP contribution is 2.32. The number of hydrogen-bond acceptors (Lipinski definition) is 4. The van der Waals surface area contributed by atoms with E-state index in [1.54, 1.807) is 6.33 Å². The van der Waals surface area contributed by atoms with Gasteiger partial charge in [0.1, 0.15) is 12.1 Å². The van der Waals surface area contributed by atoms with Crippen LogP contribution in [0.2, 0.25) is 0 Å². The molecule has 0 unspecified atom stereocenters. The zero-order valence-electron chi connectivity index (χ0n) is 14.3. The van der Waals surface area contributed by atoms with E-state index in [2.05, 4.69) is 30.8 Å². The molecule has 2 aliphatic rings. The van der Waals surface area contributed by atoms with Crippen molar-refractivity contribution in [1.82, 2.24) is 14.9 Å². The van der Waals surface area contributed by atoms with Gasteiger partial charge in [0, 0.05) is 30.6 Å². The monoisotopic (exact) mass is 407 g/mol. The number of rotatable bonds is 3. The van der Waals surface area contributed by atoms with Crippen LogP contribution in [0.25, 0.3) is 10.9 Å². The number of aromatic nitrogens is 2. The van der Waals surface area contributed by atoms with Crippen LogP contribution < -0.4 is 0 Å². The van der Waals surface area contributed by atoms with Gasteiger partial charge in [0.25, 0.3) is 0 Å². The van der Waals surface area contributed by atoms with Gasteiger partial charge >= 0.3 is 0 Å². The Bertz CT molecular complexity index is 743.